The summed E-state index contributed by atoms with van der Waals surface area (Å²) in [6.07, 6.45) is 3.04. The first kappa shape index (κ1) is 14.7. The van der Waals surface area contributed by atoms with Gasteiger partial charge in [-0.15, -0.1) is 0 Å². The van der Waals surface area contributed by atoms with Crippen molar-refractivity contribution in [1.82, 2.24) is 4.98 Å². The number of fused-ring (bicyclic) bond motifs is 1. The smallest absolute Gasteiger partial charge is 0.260 e. The van der Waals surface area contributed by atoms with Crippen LogP contribution in [0.25, 0.3) is 0 Å². The molecular weight excluding hydrogens is 322 g/mol. The minimum atomic E-state index is -0.335. The maximum atomic E-state index is 12.9. The monoisotopic (exact) mass is 335 g/mol. The number of carbonyl (C=O) groups is 1. The normalized spacial score (nSPS) is 16.1. The second-order valence-electron chi connectivity index (χ2n) is 5.50. The number of rotatable bonds is 3. The van der Waals surface area contributed by atoms with E-state index >= 15 is 0 Å². The number of nitrogens with one attached hydrogen (secondary N) is 1. The Morgan fingerprint density at radius 3 is 2.58 bits per heavy atom. The second-order valence-corrected chi connectivity index (χ2v) is 5.91. The van der Waals surface area contributed by atoms with Crippen molar-refractivity contribution in [2.24, 2.45) is 0 Å². The zero-order valence-electron chi connectivity index (χ0n) is 12.7. The van der Waals surface area contributed by atoms with Crippen LogP contribution in [-0.2, 0) is 0 Å². The van der Waals surface area contributed by atoms with Crippen molar-refractivity contribution in [3.05, 3.63) is 89.2 Å². The topological polar surface area (TPSA) is 45.2 Å². The van der Waals surface area contributed by atoms with Crippen molar-refractivity contribution in [3.8, 4) is 0 Å². The summed E-state index contributed by atoms with van der Waals surface area (Å²) in [6.45, 7) is 0. The Hall–Kier alpha value is -2.85. The van der Waals surface area contributed by atoms with Crippen molar-refractivity contribution in [3.63, 3.8) is 0 Å². The molecule has 3 aromatic rings. The molecule has 4 nitrogen and oxygen atoms in total. The number of anilines is 2. The van der Waals surface area contributed by atoms with Gasteiger partial charge in [-0.05, 0) is 30.3 Å². The number of hydrogen-bond donors (Lipinski definition) is 1. The molecule has 1 amide bonds. The lowest BCUT2D eigenvalue weighted by molar-refractivity contribution is 0.0993. The summed E-state index contributed by atoms with van der Waals surface area (Å²) >= 11 is 6.28. The molecule has 1 atom stereocenters. The fraction of sp³-hybridized carbons (Fsp3) is 0.0526. The fourth-order valence-electron chi connectivity index (χ4n) is 2.95. The SMILES string of the molecule is O=C1c2ccccc2[C@H](Nc2ccccc2Cl)N1c1cccnc1. The lowest BCUT2D eigenvalue weighted by Gasteiger charge is -2.27. The molecule has 1 N–H and O–H groups in total. The van der Waals surface area contributed by atoms with E-state index in [1.54, 1.807) is 17.3 Å². The summed E-state index contributed by atoms with van der Waals surface area (Å²) in [5.41, 5.74) is 3.13. The first-order valence-corrected chi connectivity index (χ1v) is 7.97. The molecule has 2 aromatic carbocycles. The molecule has 1 aromatic heterocycles. The van der Waals surface area contributed by atoms with Crippen LogP contribution >= 0.6 is 11.6 Å². The number of nitrogens with zero attached hydrogens (tertiary/aromatic N) is 2. The second kappa shape index (κ2) is 5.98. The number of pyridine rings is 1. The molecule has 0 saturated heterocycles. The van der Waals surface area contributed by atoms with E-state index in [2.05, 4.69) is 10.3 Å². The first-order chi connectivity index (χ1) is 11.8. The predicted octanol–water partition coefficient (Wildman–Crippen LogP) is 4.51. The van der Waals surface area contributed by atoms with Gasteiger partial charge < -0.3 is 5.32 Å². The third-order valence-electron chi connectivity index (χ3n) is 4.05. The van der Waals surface area contributed by atoms with Crippen LogP contribution in [0.2, 0.25) is 5.02 Å². The van der Waals surface area contributed by atoms with Gasteiger partial charge in [0.05, 0.1) is 22.6 Å². The van der Waals surface area contributed by atoms with Gasteiger partial charge in [0.15, 0.2) is 0 Å². The summed E-state index contributed by atoms with van der Waals surface area (Å²) < 4.78 is 0. The molecule has 1 aliphatic rings. The molecule has 0 bridgehead atoms. The molecule has 0 aliphatic carbocycles. The standard InChI is InChI=1S/C19H14ClN3O/c20-16-9-3-4-10-17(16)22-18-14-7-1-2-8-15(14)19(24)23(18)13-6-5-11-21-12-13/h1-12,18,22H/t18-/m1/s1. The van der Waals surface area contributed by atoms with Crippen LogP contribution in [0.5, 0.6) is 0 Å². The molecule has 0 radical (unpaired) electrons. The van der Waals surface area contributed by atoms with Gasteiger partial charge in [0.1, 0.15) is 6.17 Å². The Labute approximate surface area is 144 Å². The zero-order chi connectivity index (χ0) is 16.5. The van der Waals surface area contributed by atoms with E-state index in [0.29, 0.717) is 10.6 Å². The van der Waals surface area contributed by atoms with Gasteiger partial charge in [-0.25, -0.2) is 0 Å². The molecule has 4 rings (SSSR count). The van der Waals surface area contributed by atoms with Gasteiger partial charge in [-0.1, -0.05) is 41.9 Å². The zero-order valence-corrected chi connectivity index (χ0v) is 13.4. The minimum Gasteiger partial charge on any atom is -0.360 e. The maximum Gasteiger partial charge on any atom is 0.260 e. The molecule has 0 spiro atoms. The highest BCUT2D eigenvalue weighted by atomic mass is 35.5. The van der Waals surface area contributed by atoms with E-state index < -0.39 is 0 Å². The fourth-order valence-corrected chi connectivity index (χ4v) is 3.14. The molecular formula is C19H14ClN3O. The van der Waals surface area contributed by atoms with Gasteiger partial charge in [-0.3, -0.25) is 14.7 Å². The van der Waals surface area contributed by atoms with Crippen LogP contribution in [-0.4, -0.2) is 10.9 Å². The lowest BCUT2D eigenvalue weighted by atomic mass is 10.1. The molecule has 0 unspecified atom stereocenters. The van der Waals surface area contributed by atoms with E-state index in [-0.39, 0.29) is 12.1 Å². The first-order valence-electron chi connectivity index (χ1n) is 7.59. The quantitative estimate of drug-likeness (QED) is 0.766. The molecule has 2 heterocycles. The Bertz CT molecular complexity index is 898. The van der Waals surface area contributed by atoms with E-state index in [0.717, 1.165) is 16.9 Å². The highest BCUT2D eigenvalue weighted by molar-refractivity contribution is 6.33. The van der Waals surface area contributed by atoms with Gasteiger partial charge in [0, 0.05) is 17.3 Å². The predicted molar refractivity (Wildman–Crippen MR) is 95.3 cm³/mol. The Balaban J connectivity index is 1.81. The third kappa shape index (κ3) is 2.41. The molecule has 0 fully saturated rings. The minimum absolute atomic E-state index is 0.0526. The van der Waals surface area contributed by atoms with Crippen LogP contribution in [0, 0.1) is 0 Å². The Kier molecular flexibility index (Phi) is 3.67. The number of hydrogen-bond acceptors (Lipinski definition) is 3. The summed E-state index contributed by atoms with van der Waals surface area (Å²) in [4.78, 5) is 18.8. The van der Waals surface area contributed by atoms with Crippen molar-refractivity contribution in [1.29, 1.82) is 0 Å². The molecule has 5 heteroatoms. The summed E-state index contributed by atoms with van der Waals surface area (Å²) in [7, 11) is 0. The van der Waals surface area contributed by atoms with E-state index in [1.807, 2.05) is 60.7 Å². The van der Waals surface area contributed by atoms with Crippen molar-refractivity contribution in [2.45, 2.75) is 6.17 Å². The molecule has 24 heavy (non-hydrogen) atoms. The van der Waals surface area contributed by atoms with Crippen LogP contribution < -0.4 is 10.2 Å². The van der Waals surface area contributed by atoms with Gasteiger partial charge in [0.25, 0.3) is 5.91 Å². The Morgan fingerprint density at radius 2 is 1.79 bits per heavy atom. The average molecular weight is 336 g/mol. The number of amides is 1. The van der Waals surface area contributed by atoms with Gasteiger partial charge in [-0.2, -0.15) is 0 Å². The number of carbonyl (C=O) groups excluding carboxylic acids is 1. The van der Waals surface area contributed by atoms with E-state index in [4.69, 9.17) is 11.6 Å². The summed E-state index contributed by atoms with van der Waals surface area (Å²) in [5.74, 6) is -0.0526. The van der Waals surface area contributed by atoms with Crippen molar-refractivity contribution < 1.29 is 4.79 Å². The van der Waals surface area contributed by atoms with Crippen molar-refractivity contribution in [2.75, 3.05) is 10.2 Å². The highest BCUT2D eigenvalue weighted by Crippen LogP contribution is 2.38. The van der Waals surface area contributed by atoms with Gasteiger partial charge in [0.2, 0.25) is 0 Å². The maximum absolute atomic E-state index is 12.9. The number of para-hydroxylation sites is 1. The summed E-state index contributed by atoms with van der Waals surface area (Å²) in [6, 6.07) is 18.8. The Morgan fingerprint density at radius 1 is 1.00 bits per heavy atom. The average Bonchev–Trinajstić information content (AvgIpc) is 2.90. The van der Waals surface area contributed by atoms with Gasteiger partial charge >= 0.3 is 0 Å². The van der Waals surface area contributed by atoms with E-state index in [1.165, 1.54) is 0 Å². The third-order valence-corrected chi connectivity index (χ3v) is 4.38. The lowest BCUT2D eigenvalue weighted by Crippen LogP contribution is -2.32. The molecule has 0 saturated carbocycles. The number of benzene rings is 2. The van der Waals surface area contributed by atoms with Crippen molar-refractivity contribution >= 4 is 28.9 Å². The van der Waals surface area contributed by atoms with Crippen LogP contribution in [0.1, 0.15) is 22.1 Å². The molecule has 1 aliphatic heterocycles. The van der Waals surface area contributed by atoms with Crippen LogP contribution in [0.4, 0.5) is 11.4 Å². The highest BCUT2D eigenvalue weighted by Gasteiger charge is 2.37. The van der Waals surface area contributed by atoms with E-state index in [9.17, 15) is 4.79 Å². The number of aromatic nitrogens is 1. The van der Waals surface area contributed by atoms with Crippen LogP contribution in [0.3, 0.4) is 0 Å². The number of halogens is 1. The molecule has 118 valence electrons. The largest absolute Gasteiger partial charge is 0.360 e. The van der Waals surface area contributed by atoms with Crippen LogP contribution in [0.15, 0.2) is 73.1 Å². The summed E-state index contributed by atoms with van der Waals surface area (Å²) in [5, 5.41) is 4.00.